The summed E-state index contributed by atoms with van der Waals surface area (Å²) in [7, 11) is -1.27. The van der Waals surface area contributed by atoms with Gasteiger partial charge in [-0.15, -0.1) is 0 Å². The highest BCUT2D eigenvalue weighted by Crippen LogP contribution is 2.19. The van der Waals surface area contributed by atoms with Crippen molar-refractivity contribution in [1.29, 1.82) is 0 Å². The molecule has 0 aliphatic carbocycles. The maximum absolute atomic E-state index is 12.4. The van der Waals surface area contributed by atoms with Crippen molar-refractivity contribution in [3.05, 3.63) is 54.1 Å². The smallest absolute Gasteiger partial charge is 0.225 e. The lowest BCUT2D eigenvalue weighted by molar-refractivity contribution is -0.356. The average Bonchev–Trinajstić information content (AvgIpc) is 2.80. The van der Waals surface area contributed by atoms with E-state index in [1.165, 1.54) is 6.26 Å². The molecule has 10 heteroatoms. The lowest BCUT2D eigenvalue weighted by atomic mass is 10.1. The Balaban J connectivity index is 0.000000278. The molecule has 0 saturated carbocycles. The molecular weight excluding hydrogens is 435 g/mol. The third kappa shape index (κ3) is 8.18. The van der Waals surface area contributed by atoms with Crippen LogP contribution in [-0.4, -0.2) is 64.1 Å². The van der Waals surface area contributed by atoms with Crippen molar-refractivity contribution in [2.45, 2.75) is 30.8 Å². The molecule has 1 aromatic carbocycles. The summed E-state index contributed by atoms with van der Waals surface area (Å²) in [5.41, 5.74) is 5.19. The Morgan fingerprint density at radius 2 is 1.81 bits per heavy atom. The zero-order chi connectivity index (χ0) is 23.6. The third-order valence-electron chi connectivity index (χ3n) is 5.02. The van der Waals surface area contributed by atoms with Gasteiger partial charge in [0.25, 0.3) is 0 Å². The van der Waals surface area contributed by atoms with Gasteiger partial charge in [-0.25, -0.2) is 22.8 Å². The van der Waals surface area contributed by atoms with Crippen LogP contribution in [0.4, 0.5) is 10.3 Å². The number of sulfone groups is 1. The monoisotopic (exact) mass is 467 g/mol. The predicted molar refractivity (Wildman–Crippen MR) is 121 cm³/mol. The number of aryl methyl sites for hydroxylation is 1. The molecule has 0 unspecified atom stereocenters. The van der Waals surface area contributed by atoms with Crippen LogP contribution < -0.4 is 15.4 Å². The van der Waals surface area contributed by atoms with Gasteiger partial charge in [0.2, 0.25) is 5.95 Å². The molecule has 1 saturated heterocycles. The van der Waals surface area contributed by atoms with E-state index < -0.39 is 9.84 Å². The Hall–Kier alpha value is -2.56. The number of hydrogen-bond acceptors (Lipinski definition) is 7. The lowest BCUT2D eigenvalue weighted by Crippen LogP contribution is -2.51. The molecule has 1 aromatic heterocycles. The van der Waals surface area contributed by atoms with Crippen molar-refractivity contribution in [3.63, 3.8) is 0 Å². The number of quaternary nitrogens is 1. The van der Waals surface area contributed by atoms with Gasteiger partial charge in [-0.05, 0) is 31.9 Å². The zero-order valence-electron chi connectivity index (χ0n) is 18.8. The molecule has 0 radical (unpaired) electrons. The number of nitrogens with zero attached hydrogens (tertiary/aromatic N) is 3. The van der Waals surface area contributed by atoms with Crippen molar-refractivity contribution >= 4 is 15.8 Å². The number of piperidine rings is 1. The highest BCUT2D eigenvalue weighted by atomic mass is 32.2. The highest BCUT2D eigenvalue weighted by molar-refractivity contribution is 7.90. The fourth-order valence-electron chi connectivity index (χ4n) is 2.96. The second kappa shape index (κ2) is 12.5. The van der Waals surface area contributed by atoms with Gasteiger partial charge in [-0.2, -0.15) is 0 Å². The molecule has 1 fully saturated rings. The minimum absolute atomic E-state index is 0.169. The molecule has 0 spiro atoms. The second-order valence-corrected chi connectivity index (χ2v) is 9.55. The molecule has 0 amide bonds. The van der Waals surface area contributed by atoms with Crippen molar-refractivity contribution in [2.24, 2.45) is 0 Å². The summed E-state index contributed by atoms with van der Waals surface area (Å²) >= 11 is 0. The number of ether oxygens (including phenoxy) is 2. The minimum Gasteiger partial charge on any atom is -0.486 e. The fourth-order valence-corrected chi connectivity index (χ4v) is 3.59. The summed E-state index contributed by atoms with van der Waals surface area (Å²) in [5, 5.41) is 0. The van der Waals surface area contributed by atoms with Gasteiger partial charge in [0.05, 0.1) is 29.7 Å². The van der Waals surface area contributed by atoms with Crippen LogP contribution in [0, 0.1) is 6.92 Å². The second-order valence-electron chi connectivity index (χ2n) is 7.53. The molecule has 2 heterocycles. The van der Waals surface area contributed by atoms with Gasteiger partial charge in [-0.3, -0.25) is 0 Å². The maximum atomic E-state index is 12.4. The van der Waals surface area contributed by atoms with Crippen LogP contribution in [0.1, 0.15) is 18.4 Å². The van der Waals surface area contributed by atoms with Crippen molar-refractivity contribution in [2.75, 3.05) is 44.5 Å². The molecule has 1 aliphatic heterocycles. The van der Waals surface area contributed by atoms with E-state index in [-0.39, 0.29) is 6.61 Å². The predicted octanol–water partition coefficient (Wildman–Crippen LogP) is 1.96. The first kappa shape index (κ1) is 25.7. The molecule has 0 atom stereocenters. The van der Waals surface area contributed by atoms with Gasteiger partial charge >= 0.3 is 0 Å². The van der Waals surface area contributed by atoms with Gasteiger partial charge < -0.3 is 20.1 Å². The largest absolute Gasteiger partial charge is 0.486 e. The lowest BCUT2D eigenvalue weighted by Gasteiger charge is -2.31. The summed E-state index contributed by atoms with van der Waals surface area (Å²) < 4.78 is 45.0. The number of anilines is 1. The summed E-state index contributed by atoms with van der Waals surface area (Å²) in [4.78, 5) is 11.1. The summed E-state index contributed by atoms with van der Waals surface area (Å²) in [6.45, 7) is 4.24. The molecule has 3 rings (SSSR count). The standard InChI is InChI=1S/C14H21FN4O2.C8H10O2S/c1-20-12-2-4-19(5-3-12)14-17-8-13(9-18-14)21-10-11(6-15)7-16;1-7-3-5-8(6-4-7)11(2,9)10/h6,8-9,12H,2-5,7,10,16H2,1H3;3-6H,1-2H3/p+1/b11-6+;. The molecule has 2 aromatic rings. The number of rotatable bonds is 7. The Bertz CT molecular complexity index is 958. The Kier molecular flexibility index (Phi) is 10.0. The maximum Gasteiger partial charge on any atom is 0.225 e. The van der Waals surface area contributed by atoms with E-state index in [2.05, 4.69) is 20.6 Å². The summed E-state index contributed by atoms with van der Waals surface area (Å²) in [6, 6.07) is 6.81. The molecule has 8 nitrogen and oxygen atoms in total. The molecule has 176 valence electrons. The summed E-state index contributed by atoms with van der Waals surface area (Å²) in [5.74, 6) is 1.22. The van der Waals surface area contributed by atoms with Crippen molar-refractivity contribution in [3.8, 4) is 5.75 Å². The minimum atomic E-state index is -3.02. The van der Waals surface area contributed by atoms with Gasteiger partial charge in [0.15, 0.2) is 15.6 Å². The van der Waals surface area contributed by atoms with Gasteiger partial charge in [0, 0.05) is 32.0 Å². The van der Waals surface area contributed by atoms with E-state index in [0.717, 1.165) is 31.5 Å². The van der Waals surface area contributed by atoms with Crippen LogP contribution in [0.3, 0.4) is 0 Å². The Morgan fingerprint density at radius 3 is 2.28 bits per heavy atom. The number of hydrogen-bond donors (Lipinski definition) is 1. The molecule has 3 N–H and O–H groups in total. The van der Waals surface area contributed by atoms with Crippen LogP contribution >= 0.6 is 0 Å². The molecular formula is C22H32FN4O4S+. The quantitative estimate of drug-likeness (QED) is 0.663. The van der Waals surface area contributed by atoms with Crippen LogP contribution in [0.15, 0.2) is 53.5 Å². The number of aromatic nitrogens is 2. The van der Waals surface area contributed by atoms with Crippen LogP contribution in [-0.2, 0) is 14.6 Å². The van der Waals surface area contributed by atoms with E-state index in [1.54, 1.807) is 43.8 Å². The van der Waals surface area contributed by atoms with E-state index in [4.69, 9.17) is 9.47 Å². The average molecular weight is 468 g/mol. The van der Waals surface area contributed by atoms with Crippen LogP contribution in [0.5, 0.6) is 5.75 Å². The van der Waals surface area contributed by atoms with Crippen molar-refractivity contribution in [1.82, 2.24) is 9.97 Å². The number of benzene rings is 1. The Morgan fingerprint density at radius 1 is 1.22 bits per heavy atom. The van der Waals surface area contributed by atoms with E-state index in [9.17, 15) is 12.8 Å². The zero-order valence-corrected chi connectivity index (χ0v) is 19.6. The summed E-state index contributed by atoms with van der Waals surface area (Å²) in [6.07, 6.45) is 7.25. The SMILES string of the molecule is COC1CCN(c2ncc(OC/C(=C/F)C[NH3+])cn2)CC1.Cc1ccc(S(C)(=O)=O)cc1. The topological polar surface area (TPSA) is 109 Å². The van der Waals surface area contributed by atoms with Crippen molar-refractivity contribution < 1.29 is 28.0 Å². The van der Waals surface area contributed by atoms with E-state index in [1.807, 2.05) is 6.92 Å². The first-order valence-electron chi connectivity index (χ1n) is 10.3. The number of halogens is 1. The highest BCUT2D eigenvalue weighted by Gasteiger charge is 2.20. The van der Waals surface area contributed by atoms with E-state index >= 15 is 0 Å². The Labute approximate surface area is 189 Å². The molecule has 0 bridgehead atoms. The van der Waals surface area contributed by atoms with Gasteiger partial charge in [0.1, 0.15) is 13.2 Å². The first-order chi connectivity index (χ1) is 15.3. The van der Waals surface area contributed by atoms with Gasteiger partial charge in [-0.1, -0.05) is 17.7 Å². The van der Waals surface area contributed by atoms with Crippen LogP contribution in [0.2, 0.25) is 0 Å². The van der Waals surface area contributed by atoms with E-state index in [0.29, 0.717) is 41.1 Å². The van der Waals surface area contributed by atoms with Crippen LogP contribution in [0.25, 0.3) is 0 Å². The number of methoxy groups -OCH3 is 1. The molecule has 32 heavy (non-hydrogen) atoms. The fraction of sp³-hybridized carbons (Fsp3) is 0.455. The normalized spacial score (nSPS) is 15.2. The molecule has 1 aliphatic rings. The third-order valence-corrected chi connectivity index (χ3v) is 6.15. The first-order valence-corrected chi connectivity index (χ1v) is 12.2.